The molecule has 2 aromatic rings. The van der Waals surface area contributed by atoms with E-state index in [0.29, 0.717) is 0 Å². The van der Waals surface area contributed by atoms with Crippen molar-refractivity contribution in [2.75, 3.05) is 0 Å². The minimum Gasteiger partial charge on any atom is -0.345 e. The van der Waals surface area contributed by atoms with Crippen LogP contribution in [0.4, 0.5) is 0 Å². The van der Waals surface area contributed by atoms with Crippen LogP contribution in [0.15, 0.2) is 30.6 Å². The van der Waals surface area contributed by atoms with Gasteiger partial charge in [0.2, 0.25) is 0 Å². The number of imidazole rings is 1. The molecule has 0 aliphatic rings. The normalized spacial score (nSPS) is 8.13. The number of carbonyl (C=O) groups excluding carboxylic acids is 1. The minimum absolute atomic E-state index is 1.03. The average molecular weight is 198 g/mol. The van der Waals surface area contributed by atoms with Crippen molar-refractivity contribution in [3.8, 4) is 12.1 Å². The lowest BCUT2D eigenvalue weighted by atomic mass is 10.3. The van der Waals surface area contributed by atoms with E-state index in [9.17, 15) is 4.79 Å². The number of nitrogens with one attached hydrogen (secondary N) is 1. The molecule has 1 N–H and O–H groups in total. The number of fused-ring (bicyclic) bond motifs is 1. The van der Waals surface area contributed by atoms with Crippen molar-refractivity contribution in [3.05, 3.63) is 30.6 Å². The number of aromatic nitrogens is 2. The fraction of sp³-hybridized carbons (Fsp3) is 0. The Morgan fingerprint density at radius 1 is 1.27 bits per heavy atom. The van der Waals surface area contributed by atoms with Gasteiger partial charge in [0.25, 0.3) is 0 Å². The maximum atomic E-state index is 9.46. The van der Waals surface area contributed by atoms with Crippen LogP contribution in [0, 0.1) is 22.7 Å². The third-order valence-electron chi connectivity index (χ3n) is 1.53. The van der Waals surface area contributed by atoms with Crippen LogP contribution >= 0.6 is 0 Å². The summed E-state index contributed by atoms with van der Waals surface area (Å²) in [6.45, 7) is 0. The molecular formula is C10H6N4O. The number of nitrogens with zero attached hydrogens (tertiary/aromatic N) is 3. The van der Waals surface area contributed by atoms with Gasteiger partial charge in [-0.15, -0.1) is 0 Å². The third-order valence-corrected chi connectivity index (χ3v) is 1.53. The highest BCUT2D eigenvalue weighted by Gasteiger charge is 1.88. The smallest absolute Gasteiger partial charge is 0.331 e. The number of H-pyrrole nitrogens is 1. The van der Waals surface area contributed by atoms with Crippen LogP contribution in [0.3, 0.4) is 0 Å². The van der Waals surface area contributed by atoms with Gasteiger partial charge in [-0.3, -0.25) is 4.79 Å². The Hall–Kier alpha value is -2.66. The molecule has 0 spiro atoms. The number of carbonyl (C=O) groups is 1. The summed E-state index contributed by atoms with van der Waals surface area (Å²) < 4.78 is 0. The quantitative estimate of drug-likeness (QED) is 0.643. The van der Waals surface area contributed by atoms with Gasteiger partial charge in [-0.2, -0.15) is 10.5 Å². The lowest BCUT2D eigenvalue weighted by Crippen LogP contribution is -1.81. The van der Waals surface area contributed by atoms with Gasteiger partial charge in [0.05, 0.1) is 17.4 Å². The van der Waals surface area contributed by atoms with Crippen molar-refractivity contribution in [2.24, 2.45) is 0 Å². The maximum Gasteiger partial charge on any atom is 0.331 e. The highest BCUT2D eigenvalue weighted by Crippen LogP contribution is 2.05. The van der Waals surface area contributed by atoms with Crippen LogP contribution < -0.4 is 0 Å². The molecule has 5 nitrogen and oxygen atoms in total. The van der Waals surface area contributed by atoms with E-state index in [1.54, 1.807) is 6.33 Å². The first-order valence-corrected chi connectivity index (χ1v) is 4.00. The first kappa shape index (κ1) is 10.4. The van der Waals surface area contributed by atoms with Crippen molar-refractivity contribution in [2.45, 2.75) is 0 Å². The first-order valence-electron chi connectivity index (χ1n) is 4.00. The lowest BCUT2D eigenvalue weighted by molar-refractivity contribution is -0.109. The van der Waals surface area contributed by atoms with Gasteiger partial charge in [-0.1, -0.05) is 12.1 Å². The molecule has 0 atom stereocenters. The molecule has 0 amide bonds. The van der Waals surface area contributed by atoms with Crippen molar-refractivity contribution in [1.82, 2.24) is 9.97 Å². The van der Waals surface area contributed by atoms with Crippen molar-refractivity contribution in [3.63, 3.8) is 0 Å². The summed E-state index contributed by atoms with van der Waals surface area (Å²) in [6.07, 6.45) is 1.70. The topological polar surface area (TPSA) is 93.3 Å². The monoisotopic (exact) mass is 198 g/mol. The van der Waals surface area contributed by atoms with E-state index >= 15 is 0 Å². The van der Waals surface area contributed by atoms with Crippen molar-refractivity contribution >= 4 is 16.8 Å². The van der Waals surface area contributed by atoms with E-state index in [-0.39, 0.29) is 0 Å². The summed E-state index contributed by atoms with van der Waals surface area (Å²) >= 11 is 0. The molecule has 5 heteroatoms. The van der Waals surface area contributed by atoms with Gasteiger partial charge in [0.1, 0.15) is 0 Å². The van der Waals surface area contributed by atoms with E-state index in [1.807, 2.05) is 24.3 Å². The molecule has 0 aliphatic carbocycles. The number of hydrogen-bond acceptors (Lipinski definition) is 4. The average Bonchev–Trinajstić information content (AvgIpc) is 2.76. The summed E-state index contributed by atoms with van der Waals surface area (Å²) in [5.41, 5.74) is 2.12. The van der Waals surface area contributed by atoms with Crippen LogP contribution in [-0.4, -0.2) is 15.8 Å². The van der Waals surface area contributed by atoms with Crippen LogP contribution in [0.1, 0.15) is 0 Å². The fourth-order valence-electron chi connectivity index (χ4n) is 0.905. The highest BCUT2D eigenvalue weighted by atomic mass is 16.1. The standard InChI is InChI=1S/C7H6N2.C3N2O/c1-2-4-7-6(3-1)8-5-9-7;4-1-3(6)2-5/h1-5H,(H,8,9);. The molecule has 72 valence electrons. The zero-order valence-corrected chi connectivity index (χ0v) is 7.64. The zero-order chi connectivity index (χ0) is 11.1. The second-order valence-corrected chi connectivity index (χ2v) is 2.47. The Bertz CT molecular complexity index is 498. The Kier molecular flexibility index (Phi) is 3.58. The number of rotatable bonds is 0. The van der Waals surface area contributed by atoms with Gasteiger partial charge in [-0.25, -0.2) is 4.98 Å². The summed E-state index contributed by atoms with van der Waals surface area (Å²) in [6, 6.07) is 10.2. The van der Waals surface area contributed by atoms with E-state index < -0.39 is 5.78 Å². The van der Waals surface area contributed by atoms with Gasteiger partial charge in [-0.05, 0) is 12.1 Å². The Morgan fingerprint density at radius 3 is 2.47 bits per heavy atom. The number of ketones is 1. The molecule has 0 saturated carbocycles. The first-order chi connectivity index (χ1) is 7.27. The fourth-order valence-corrected chi connectivity index (χ4v) is 0.905. The SMILES string of the molecule is N#CC(=O)C#N.c1ccc2[nH]cnc2c1. The van der Waals surface area contributed by atoms with Crippen molar-refractivity contribution < 1.29 is 4.79 Å². The third kappa shape index (κ3) is 2.94. The second kappa shape index (κ2) is 5.15. The summed E-state index contributed by atoms with van der Waals surface area (Å²) in [5.74, 6) is -1.05. The number of benzene rings is 1. The number of aromatic amines is 1. The van der Waals surface area contributed by atoms with E-state index in [1.165, 1.54) is 0 Å². The van der Waals surface area contributed by atoms with E-state index in [2.05, 4.69) is 9.97 Å². The maximum absolute atomic E-state index is 9.46. The molecule has 0 aliphatic heterocycles. The molecule has 2 rings (SSSR count). The molecule has 0 unspecified atom stereocenters. The van der Waals surface area contributed by atoms with Crippen molar-refractivity contribution in [1.29, 1.82) is 10.5 Å². The summed E-state index contributed by atoms with van der Waals surface area (Å²) in [7, 11) is 0. The summed E-state index contributed by atoms with van der Waals surface area (Å²) in [5, 5.41) is 15.0. The molecule has 1 aromatic carbocycles. The second-order valence-electron chi connectivity index (χ2n) is 2.47. The molecule has 15 heavy (non-hydrogen) atoms. The molecule has 1 heterocycles. The Morgan fingerprint density at radius 2 is 1.93 bits per heavy atom. The number of nitriles is 2. The predicted octanol–water partition coefficient (Wildman–Crippen LogP) is 1.17. The van der Waals surface area contributed by atoms with Gasteiger partial charge < -0.3 is 4.98 Å². The molecule has 0 fully saturated rings. The Labute approximate surface area is 85.6 Å². The lowest BCUT2D eigenvalue weighted by Gasteiger charge is -1.81. The van der Waals surface area contributed by atoms with E-state index in [4.69, 9.17) is 10.5 Å². The van der Waals surface area contributed by atoms with Crippen LogP contribution in [0.25, 0.3) is 11.0 Å². The predicted molar refractivity (Wildman–Crippen MR) is 52.3 cm³/mol. The molecule has 0 radical (unpaired) electrons. The minimum atomic E-state index is -1.05. The summed E-state index contributed by atoms with van der Waals surface area (Å²) in [4.78, 5) is 16.5. The number of para-hydroxylation sites is 2. The molecular weight excluding hydrogens is 192 g/mol. The van der Waals surface area contributed by atoms with Crippen LogP contribution in [-0.2, 0) is 4.79 Å². The van der Waals surface area contributed by atoms with Crippen LogP contribution in [0.5, 0.6) is 0 Å². The van der Waals surface area contributed by atoms with Gasteiger partial charge in [0, 0.05) is 0 Å². The Balaban J connectivity index is 0.000000167. The number of hydrogen-bond donors (Lipinski definition) is 1. The number of Topliss-reactive ketones (excluding diaryl/α,β-unsaturated/α-hetero) is 1. The van der Waals surface area contributed by atoms with Gasteiger partial charge in [0.15, 0.2) is 12.1 Å². The molecule has 0 saturated heterocycles. The van der Waals surface area contributed by atoms with Crippen LogP contribution in [0.2, 0.25) is 0 Å². The van der Waals surface area contributed by atoms with E-state index in [0.717, 1.165) is 23.2 Å². The highest BCUT2D eigenvalue weighted by molar-refractivity contribution is 6.05. The molecule has 1 aromatic heterocycles. The largest absolute Gasteiger partial charge is 0.345 e. The van der Waals surface area contributed by atoms with Gasteiger partial charge >= 0.3 is 5.78 Å². The zero-order valence-electron chi connectivity index (χ0n) is 7.64. The molecule has 0 bridgehead atoms.